The molecular formula is C23H22FN3O3S. The summed E-state index contributed by atoms with van der Waals surface area (Å²) in [4.78, 5) is 32.2. The van der Waals surface area contributed by atoms with Gasteiger partial charge in [-0.05, 0) is 42.0 Å². The molecule has 4 rings (SSSR count). The molecule has 1 saturated heterocycles. The van der Waals surface area contributed by atoms with Gasteiger partial charge in [0.25, 0.3) is 5.91 Å². The normalized spacial score (nSPS) is 13.9. The highest BCUT2D eigenvalue weighted by Gasteiger charge is 2.24. The standard InChI is InChI=1S/C23H22FN3O3S/c1-16(28)26-9-11-27(12-10-26)23(29)21-15-31-22(25-21)18-5-7-20(8-6-18)30-14-17-3-2-4-19(24)13-17/h2-8,13,15H,9-12,14H2,1H3. The number of hydrogen-bond donors (Lipinski definition) is 0. The van der Waals surface area contributed by atoms with Crippen LogP contribution in [0.25, 0.3) is 10.6 Å². The van der Waals surface area contributed by atoms with Crippen LogP contribution >= 0.6 is 11.3 Å². The van der Waals surface area contributed by atoms with Gasteiger partial charge in [-0.3, -0.25) is 9.59 Å². The number of halogens is 1. The van der Waals surface area contributed by atoms with Crippen molar-refractivity contribution in [1.82, 2.24) is 14.8 Å². The van der Waals surface area contributed by atoms with Crippen molar-refractivity contribution in [1.29, 1.82) is 0 Å². The Kier molecular flexibility index (Phi) is 6.27. The van der Waals surface area contributed by atoms with Crippen LogP contribution in [0.3, 0.4) is 0 Å². The molecular weight excluding hydrogens is 417 g/mol. The van der Waals surface area contributed by atoms with Crippen molar-refractivity contribution in [3.05, 3.63) is 71.0 Å². The molecule has 2 amide bonds. The summed E-state index contributed by atoms with van der Waals surface area (Å²) in [6, 6.07) is 13.8. The molecule has 8 heteroatoms. The van der Waals surface area contributed by atoms with Crippen molar-refractivity contribution < 1.29 is 18.7 Å². The van der Waals surface area contributed by atoms with E-state index in [9.17, 15) is 14.0 Å². The third-order valence-electron chi connectivity index (χ3n) is 5.13. The molecule has 1 aromatic heterocycles. The van der Waals surface area contributed by atoms with Crippen LogP contribution in [-0.2, 0) is 11.4 Å². The predicted octanol–water partition coefficient (Wildman–Crippen LogP) is 3.83. The topological polar surface area (TPSA) is 62.7 Å². The molecule has 1 aliphatic heterocycles. The molecule has 2 aromatic carbocycles. The summed E-state index contributed by atoms with van der Waals surface area (Å²) in [5.74, 6) is 0.308. The third kappa shape index (κ3) is 5.08. The second kappa shape index (κ2) is 9.26. The van der Waals surface area contributed by atoms with Crippen LogP contribution in [0.2, 0.25) is 0 Å². The molecule has 6 nitrogen and oxygen atoms in total. The second-order valence-electron chi connectivity index (χ2n) is 7.28. The van der Waals surface area contributed by atoms with Gasteiger partial charge >= 0.3 is 0 Å². The molecule has 1 fully saturated rings. The summed E-state index contributed by atoms with van der Waals surface area (Å²) in [5.41, 5.74) is 2.07. The number of piperazine rings is 1. The van der Waals surface area contributed by atoms with E-state index >= 15 is 0 Å². The SMILES string of the molecule is CC(=O)N1CCN(C(=O)c2csc(-c3ccc(OCc4cccc(F)c4)cc3)n2)CC1. The zero-order valence-electron chi connectivity index (χ0n) is 17.1. The molecule has 1 aliphatic rings. The molecule has 0 unspecified atom stereocenters. The van der Waals surface area contributed by atoms with Gasteiger partial charge in [0.2, 0.25) is 5.91 Å². The number of nitrogens with zero attached hydrogens (tertiary/aromatic N) is 3. The minimum atomic E-state index is -0.286. The van der Waals surface area contributed by atoms with E-state index in [2.05, 4.69) is 4.98 Å². The van der Waals surface area contributed by atoms with Gasteiger partial charge in [-0.15, -0.1) is 11.3 Å². The highest BCUT2D eigenvalue weighted by molar-refractivity contribution is 7.13. The van der Waals surface area contributed by atoms with Crippen LogP contribution in [0.15, 0.2) is 53.9 Å². The van der Waals surface area contributed by atoms with Crippen LogP contribution in [0.1, 0.15) is 23.0 Å². The first kappa shape index (κ1) is 21.0. The summed E-state index contributed by atoms with van der Waals surface area (Å²) in [5, 5.41) is 2.52. The average Bonchev–Trinajstić information content (AvgIpc) is 3.28. The van der Waals surface area contributed by atoms with Gasteiger partial charge in [-0.1, -0.05) is 12.1 Å². The van der Waals surface area contributed by atoms with Crippen LogP contribution in [0.4, 0.5) is 4.39 Å². The van der Waals surface area contributed by atoms with Gasteiger partial charge in [0.15, 0.2) is 0 Å². The molecule has 0 aliphatic carbocycles. The minimum Gasteiger partial charge on any atom is -0.489 e. The van der Waals surface area contributed by atoms with Crippen LogP contribution in [-0.4, -0.2) is 52.8 Å². The molecule has 0 saturated carbocycles. The maximum atomic E-state index is 13.3. The van der Waals surface area contributed by atoms with E-state index in [1.807, 2.05) is 30.3 Å². The molecule has 0 radical (unpaired) electrons. The predicted molar refractivity (Wildman–Crippen MR) is 116 cm³/mol. The van der Waals surface area contributed by atoms with E-state index in [0.29, 0.717) is 37.6 Å². The quantitative estimate of drug-likeness (QED) is 0.606. The average molecular weight is 440 g/mol. The second-order valence-corrected chi connectivity index (χ2v) is 8.14. The molecule has 0 spiro atoms. The van der Waals surface area contributed by atoms with E-state index < -0.39 is 0 Å². The van der Waals surface area contributed by atoms with Crippen molar-refractivity contribution >= 4 is 23.2 Å². The monoisotopic (exact) mass is 439 g/mol. The van der Waals surface area contributed by atoms with Crippen LogP contribution in [0, 0.1) is 5.82 Å². The maximum absolute atomic E-state index is 13.3. The molecule has 3 aromatic rings. The lowest BCUT2D eigenvalue weighted by Crippen LogP contribution is -2.50. The molecule has 0 atom stereocenters. The summed E-state index contributed by atoms with van der Waals surface area (Å²) in [6.45, 7) is 3.96. The molecule has 160 valence electrons. The zero-order chi connectivity index (χ0) is 21.8. The smallest absolute Gasteiger partial charge is 0.273 e. The van der Waals surface area contributed by atoms with E-state index in [1.54, 1.807) is 28.2 Å². The Bertz CT molecular complexity index is 1080. The van der Waals surface area contributed by atoms with Crippen LogP contribution < -0.4 is 4.74 Å². The Morgan fingerprint density at radius 2 is 1.77 bits per heavy atom. The van der Waals surface area contributed by atoms with Crippen molar-refractivity contribution in [3.63, 3.8) is 0 Å². The van der Waals surface area contributed by atoms with Gasteiger partial charge in [0.05, 0.1) is 0 Å². The molecule has 31 heavy (non-hydrogen) atoms. The van der Waals surface area contributed by atoms with Crippen LogP contribution in [0.5, 0.6) is 5.75 Å². The Morgan fingerprint density at radius 3 is 2.45 bits per heavy atom. The first-order chi connectivity index (χ1) is 15.0. The summed E-state index contributed by atoms with van der Waals surface area (Å²) in [7, 11) is 0. The Balaban J connectivity index is 1.36. The Hall–Kier alpha value is -3.26. The zero-order valence-corrected chi connectivity index (χ0v) is 17.9. The summed E-state index contributed by atoms with van der Waals surface area (Å²) in [6.07, 6.45) is 0. The minimum absolute atomic E-state index is 0.0337. The van der Waals surface area contributed by atoms with Gasteiger partial charge in [-0.25, -0.2) is 9.37 Å². The van der Waals surface area contributed by atoms with Gasteiger partial charge < -0.3 is 14.5 Å². The van der Waals surface area contributed by atoms with E-state index in [1.165, 1.54) is 23.5 Å². The van der Waals surface area contributed by atoms with Gasteiger partial charge in [0.1, 0.15) is 28.9 Å². The third-order valence-corrected chi connectivity index (χ3v) is 6.02. The first-order valence-corrected chi connectivity index (χ1v) is 10.9. The highest BCUT2D eigenvalue weighted by atomic mass is 32.1. The lowest BCUT2D eigenvalue weighted by atomic mass is 10.2. The number of carbonyl (C=O) groups is 2. The van der Waals surface area contributed by atoms with E-state index in [4.69, 9.17) is 4.74 Å². The Labute approximate surface area is 183 Å². The summed E-state index contributed by atoms with van der Waals surface area (Å²) < 4.78 is 19.0. The molecule has 2 heterocycles. The molecule has 0 N–H and O–H groups in total. The van der Waals surface area contributed by atoms with E-state index in [0.717, 1.165) is 16.1 Å². The van der Waals surface area contributed by atoms with Gasteiger partial charge in [-0.2, -0.15) is 0 Å². The fraction of sp³-hybridized carbons (Fsp3) is 0.261. The largest absolute Gasteiger partial charge is 0.489 e. The fourth-order valence-electron chi connectivity index (χ4n) is 3.38. The number of hydrogen-bond acceptors (Lipinski definition) is 5. The number of ether oxygens (including phenoxy) is 1. The number of thiazole rings is 1. The van der Waals surface area contributed by atoms with Crippen molar-refractivity contribution in [2.45, 2.75) is 13.5 Å². The summed E-state index contributed by atoms with van der Waals surface area (Å²) >= 11 is 1.41. The lowest BCUT2D eigenvalue weighted by Gasteiger charge is -2.33. The fourth-order valence-corrected chi connectivity index (χ4v) is 4.18. The lowest BCUT2D eigenvalue weighted by molar-refractivity contribution is -0.130. The number of rotatable bonds is 5. The van der Waals surface area contributed by atoms with Gasteiger partial charge in [0, 0.05) is 44.0 Å². The number of aromatic nitrogens is 1. The number of amides is 2. The molecule has 0 bridgehead atoms. The van der Waals surface area contributed by atoms with Crippen molar-refractivity contribution in [2.75, 3.05) is 26.2 Å². The number of benzene rings is 2. The maximum Gasteiger partial charge on any atom is 0.273 e. The highest BCUT2D eigenvalue weighted by Crippen LogP contribution is 2.27. The van der Waals surface area contributed by atoms with Crippen molar-refractivity contribution in [2.24, 2.45) is 0 Å². The Morgan fingerprint density at radius 1 is 1.06 bits per heavy atom. The van der Waals surface area contributed by atoms with E-state index in [-0.39, 0.29) is 24.2 Å². The number of carbonyl (C=O) groups excluding carboxylic acids is 2. The van der Waals surface area contributed by atoms with Crippen molar-refractivity contribution in [3.8, 4) is 16.3 Å². The first-order valence-electron chi connectivity index (χ1n) is 9.97.